The molecule has 5 rings (SSSR count). The number of hydrogen-bond donors (Lipinski definition) is 1. The van der Waals surface area contributed by atoms with E-state index in [4.69, 9.17) is 11.6 Å². The predicted molar refractivity (Wildman–Crippen MR) is 108 cm³/mol. The summed E-state index contributed by atoms with van der Waals surface area (Å²) in [5.74, 6) is -1.35. The third kappa shape index (κ3) is 3.55. The van der Waals surface area contributed by atoms with Crippen LogP contribution < -0.4 is 0 Å². The first-order chi connectivity index (χ1) is 13.9. The highest BCUT2D eigenvalue weighted by Crippen LogP contribution is 2.31. The van der Waals surface area contributed by atoms with Gasteiger partial charge in [-0.05, 0) is 26.0 Å². The van der Waals surface area contributed by atoms with E-state index in [0.717, 1.165) is 29.1 Å². The van der Waals surface area contributed by atoms with Crippen LogP contribution in [0, 0.1) is 19.7 Å². The number of aryl methyl sites for hydroxylation is 2. The van der Waals surface area contributed by atoms with Gasteiger partial charge >= 0.3 is 0 Å². The molecule has 1 aliphatic heterocycles. The highest BCUT2D eigenvalue weighted by Gasteiger charge is 2.31. The van der Waals surface area contributed by atoms with E-state index < -0.39 is 5.82 Å². The van der Waals surface area contributed by atoms with Crippen LogP contribution in [0.5, 0.6) is 5.75 Å². The van der Waals surface area contributed by atoms with E-state index in [0.29, 0.717) is 29.5 Å². The summed E-state index contributed by atoms with van der Waals surface area (Å²) in [4.78, 5) is 18.7. The number of carbonyl (C=O) groups excluding carboxylic acids is 1. The van der Waals surface area contributed by atoms with Gasteiger partial charge in [-0.1, -0.05) is 37.3 Å². The van der Waals surface area contributed by atoms with Crippen molar-refractivity contribution in [3.63, 3.8) is 0 Å². The smallest absolute Gasteiger partial charge is 0.258 e. The maximum atomic E-state index is 13.1. The molecule has 1 aliphatic carbocycles. The van der Waals surface area contributed by atoms with Gasteiger partial charge in [0, 0.05) is 11.6 Å². The van der Waals surface area contributed by atoms with Crippen molar-refractivity contribution in [1.29, 1.82) is 0 Å². The van der Waals surface area contributed by atoms with Crippen LogP contribution in [-0.2, 0) is 13.1 Å². The number of rotatable bonds is 1. The Labute approximate surface area is 172 Å². The molecular weight excluding hydrogens is 395 g/mol. The zero-order chi connectivity index (χ0) is 20.7. The van der Waals surface area contributed by atoms with E-state index in [1.165, 1.54) is 31.7 Å². The minimum atomic E-state index is -0.594. The first-order valence-corrected chi connectivity index (χ1v) is 10.1. The Morgan fingerprint density at radius 2 is 1.86 bits per heavy atom. The molecule has 0 atom stereocenters. The molecule has 0 bridgehead atoms. The van der Waals surface area contributed by atoms with Crippen molar-refractivity contribution in [3.05, 3.63) is 57.2 Å². The fourth-order valence-corrected chi connectivity index (χ4v) is 3.49. The van der Waals surface area contributed by atoms with E-state index in [-0.39, 0.29) is 17.2 Å². The van der Waals surface area contributed by atoms with Gasteiger partial charge in [0.05, 0.1) is 40.8 Å². The van der Waals surface area contributed by atoms with Crippen molar-refractivity contribution in [2.45, 2.75) is 52.6 Å². The van der Waals surface area contributed by atoms with Gasteiger partial charge < -0.3 is 10.0 Å². The maximum Gasteiger partial charge on any atom is 0.258 e. The molecule has 0 unspecified atom stereocenters. The number of phenolic OH excluding ortho intramolecular Hbond substituents is 1. The number of phenols is 1. The Bertz CT molecular complexity index is 1100. The molecule has 1 N–H and O–H groups in total. The van der Waals surface area contributed by atoms with Crippen LogP contribution in [-0.4, -0.2) is 30.5 Å². The lowest BCUT2D eigenvalue weighted by Gasteiger charge is -2.16. The molecule has 6 nitrogen and oxygen atoms in total. The topological polar surface area (TPSA) is 70.7 Å². The largest absolute Gasteiger partial charge is 0.507 e. The summed E-state index contributed by atoms with van der Waals surface area (Å²) in [6, 6.07) is 3.36. The molecule has 3 aromatic rings. The second-order valence-electron chi connectivity index (χ2n) is 7.49. The quantitative estimate of drug-likeness (QED) is 0.631. The van der Waals surface area contributed by atoms with Gasteiger partial charge in [0.2, 0.25) is 0 Å². The van der Waals surface area contributed by atoms with Gasteiger partial charge in [-0.25, -0.2) is 13.9 Å². The minimum absolute atomic E-state index is 0.0619. The summed E-state index contributed by atoms with van der Waals surface area (Å²) in [5.41, 5.74) is 3.84. The van der Waals surface area contributed by atoms with Crippen molar-refractivity contribution in [2.24, 2.45) is 0 Å². The molecule has 1 amide bonds. The van der Waals surface area contributed by atoms with Crippen LogP contribution in [0.15, 0.2) is 18.2 Å². The molecule has 3 heterocycles. The highest BCUT2D eigenvalue weighted by molar-refractivity contribution is 6.31. The number of halogens is 2. The fraction of sp³-hybridized carbons (Fsp3) is 0.381. The summed E-state index contributed by atoms with van der Waals surface area (Å²) >= 11 is 6.22. The van der Waals surface area contributed by atoms with E-state index in [1.54, 1.807) is 9.42 Å². The van der Waals surface area contributed by atoms with Crippen molar-refractivity contribution in [3.8, 4) is 5.75 Å². The molecular formula is C21H22ClFN4O2. The van der Waals surface area contributed by atoms with Crippen LogP contribution in [0.4, 0.5) is 4.39 Å². The fourth-order valence-electron chi connectivity index (χ4n) is 3.36. The lowest BCUT2D eigenvalue weighted by atomic mass is 10.0. The van der Waals surface area contributed by atoms with Crippen LogP contribution in [0.1, 0.15) is 58.7 Å². The lowest BCUT2D eigenvalue weighted by Crippen LogP contribution is -2.26. The number of nitrogens with zero attached hydrogens (tertiary/aromatic N) is 4. The van der Waals surface area contributed by atoms with Crippen molar-refractivity contribution in [2.75, 3.05) is 0 Å². The summed E-state index contributed by atoms with van der Waals surface area (Å²) in [6.45, 7) is 4.31. The molecule has 2 aliphatic rings. The molecule has 2 aromatic heterocycles. The average molecular weight is 417 g/mol. The molecule has 1 saturated carbocycles. The van der Waals surface area contributed by atoms with Crippen molar-refractivity contribution in [1.82, 2.24) is 19.5 Å². The van der Waals surface area contributed by atoms with E-state index >= 15 is 0 Å². The SMILES string of the molecule is C1CCC1.Cc1nc2c3c(nn2c(C)c1Cl)CN(C(=O)c1ccc(F)cc1O)C3. The zero-order valence-corrected chi connectivity index (χ0v) is 17.1. The second-order valence-corrected chi connectivity index (χ2v) is 7.87. The summed E-state index contributed by atoms with van der Waals surface area (Å²) in [6.07, 6.45) is 6.00. The summed E-state index contributed by atoms with van der Waals surface area (Å²) in [5, 5.41) is 14.9. The number of carbonyl (C=O) groups is 1. The van der Waals surface area contributed by atoms with Gasteiger partial charge in [0.15, 0.2) is 5.65 Å². The summed E-state index contributed by atoms with van der Waals surface area (Å²) < 4.78 is 14.8. The Hall–Kier alpha value is -2.67. The van der Waals surface area contributed by atoms with E-state index in [9.17, 15) is 14.3 Å². The van der Waals surface area contributed by atoms with Crippen LogP contribution >= 0.6 is 11.6 Å². The Morgan fingerprint density at radius 1 is 1.17 bits per heavy atom. The van der Waals surface area contributed by atoms with Gasteiger partial charge in [-0.3, -0.25) is 4.79 Å². The second kappa shape index (κ2) is 7.63. The number of hydrogen-bond acceptors (Lipinski definition) is 4. The first-order valence-electron chi connectivity index (χ1n) is 9.67. The van der Waals surface area contributed by atoms with Gasteiger partial charge in [-0.2, -0.15) is 5.10 Å². The molecule has 1 aromatic carbocycles. The molecule has 0 radical (unpaired) electrons. The van der Waals surface area contributed by atoms with Crippen molar-refractivity contribution >= 4 is 23.2 Å². The molecule has 0 saturated heterocycles. The van der Waals surface area contributed by atoms with Crippen LogP contribution in [0.3, 0.4) is 0 Å². The molecule has 29 heavy (non-hydrogen) atoms. The molecule has 0 spiro atoms. The normalized spacial score (nSPS) is 15.0. The number of aromatic hydroxyl groups is 1. The Morgan fingerprint density at radius 3 is 2.48 bits per heavy atom. The van der Waals surface area contributed by atoms with E-state index in [2.05, 4.69) is 10.1 Å². The minimum Gasteiger partial charge on any atom is -0.507 e. The van der Waals surface area contributed by atoms with Gasteiger partial charge in [0.25, 0.3) is 5.91 Å². The Balaban J connectivity index is 0.000000458. The third-order valence-electron chi connectivity index (χ3n) is 5.43. The standard InChI is InChI=1S/C17H14ClFN4O2.C4H8/c1-8-15(18)9(2)23-16(20-8)12-6-22(7-13(12)21-23)17(25)11-4-3-10(19)5-14(11)24;1-2-4-3-1/h3-5,24H,6-7H2,1-2H3;1-4H2. The molecule has 152 valence electrons. The summed E-state index contributed by atoms with van der Waals surface area (Å²) in [7, 11) is 0. The highest BCUT2D eigenvalue weighted by atomic mass is 35.5. The van der Waals surface area contributed by atoms with Gasteiger partial charge in [-0.15, -0.1) is 0 Å². The Kier molecular flexibility index (Phi) is 5.17. The first kappa shape index (κ1) is 19.6. The number of aromatic nitrogens is 3. The number of amides is 1. The number of benzene rings is 1. The monoisotopic (exact) mass is 416 g/mol. The molecule has 8 heteroatoms. The van der Waals surface area contributed by atoms with Crippen molar-refractivity contribution < 1.29 is 14.3 Å². The molecule has 1 fully saturated rings. The van der Waals surface area contributed by atoms with Crippen LogP contribution in [0.25, 0.3) is 5.65 Å². The number of fused-ring (bicyclic) bond motifs is 3. The maximum absolute atomic E-state index is 13.1. The van der Waals surface area contributed by atoms with E-state index in [1.807, 2.05) is 13.8 Å². The third-order valence-corrected chi connectivity index (χ3v) is 5.98. The zero-order valence-electron chi connectivity index (χ0n) is 16.4. The lowest BCUT2D eigenvalue weighted by molar-refractivity contribution is 0.0746. The van der Waals surface area contributed by atoms with Gasteiger partial charge in [0.1, 0.15) is 11.6 Å². The van der Waals surface area contributed by atoms with Crippen LogP contribution in [0.2, 0.25) is 5.02 Å². The predicted octanol–water partition coefficient (Wildman–Crippen LogP) is 4.56. The average Bonchev–Trinajstić information content (AvgIpc) is 3.17.